The van der Waals surface area contributed by atoms with E-state index in [1.165, 1.54) is 12.0 Å². The zero-order valence-corrected chi connectivity index (χ0v) is 19.6. The summed E-state index contributed by atoms with van der Waals surface area (Å²) >= 11 is 1.61. The maximum Gasteiger partial charge on any atom is 0.337 e. The molecule has 2 amide bonds. The predicted molar refractivity (Wildman–Crippen MR) is 131 cm³/mol. The first-order valence-electron chi connectivity index (χ1n) is 10.7. The van der Waals surface area contributed by atoms with Crippen LogP contribution >= 0.6 is 11.8 Å². The number of para-hydroxylation sites is 1. The minimum atomic E-state index is -0.450. The predicted octanol–water partition coefficient (Wildman–Crippen LogP) is 4.69. The molecule has 34 heavy (non-hydrogen) atoms. The van der Waals surface area contributed by atoms with E-state index in [1.807, 2.05) is 48.5 Å². The van der Waals surface area contributed by atoms with Gasteiger partial charge in [-0.3, -0.25) is 9.59 Å². The van der Waals surface area contributed by atoms with Gasteiger partial charge in [0.05, 0.1) is 25.5 Å². The summed E-state index contributed by atoms with van der Waals surface area (Å²) in [5.74, 6) is -0.156. The number of carbonyl (C=O) groups excluding carboxylic acids is 3. The number of fused-ring (bicyclic) bond motifs is 1. The van der Waals surface area contributed by atoms with Crippen molar-refractivity contribution in [2.24, 2.45) is 0 Å². The molecule has 4 rings (SSSR count). The lowest BCUT2D eigenvalue weighted by Gasteiger charge is -2.22. The van der Waals surface area contributed by atoms with Gasteiger partial charge in [-0.1, -0.05) is 24.3 Å². The van der Waals surface area contributed by atoms with Crippen molar-refractivity contribution >= 4 is 40.9 Å². The zero-order valence-electron chi connectivity index (χ0n) is 18.8. The summed E-state index contributed by atoms with van der Waals surface area (Å²) in [5, 5.41) is 2.71. The Morgan fingerprint density at radius 2 is 1.71 bits per heavy atom. The van der Waals surface area contributed by atoms with Crippen LogP contribution in [0.5, 0.6) is 5.75 Å². The fourth-order valence-corrected chi connectivity index (χ4v) is 4.99. The van der Waals surface area contributed by atoms with Gasteiger partial charge in [0, 0.05) is 22.3 Å². The highest BCUT2D eigenvalue weighted by Gasteiger charge is 2.30. The van der Waals surface area contributed by atoms with Crippen molar-refractivity contribution in [2.75, 3.05) is 31.0 Å². The SMILES string of the molecule is COC(=O)c1ccc(NC(=O)CN2C(=O)CC(c3ccc(OC)cc3)Sc3ccccc32)cc1. The average Bonchev–Trinajstić information content (AvgIpc) is 3.00. The molecule has 0 fully saturated rings. The zero-order chi connectivity index (χ0) is 24.1. The maximum atomic E-state index is 13.3. The van der Waals surface area contributed by atoms with Crippen LogP contribution in [-0.4, -0.2) is 38.5 Å². The van der Waals surface area contributed by atoms with E-state index in [-0.39, 0.29) is 30.0 Å². The van der Waals surface area contributed by atoms with Crippen LogP contribution < -0.4 is 15.0 Å². The molecular weight excluding hydrogens is 452 g/mol. The van der Waals surface area contributed by atoms with Crippen LogP contribution in [-0.2, 0) is 14.3 Å². The van der Waals surface area contributed by atoms with Crippen molar-refractivity contribution in [1.29, 1.82) is 0 Å². The molecule has 0 bridgehead atoms. The van der Waals surface area contributed by atoms with E-state index in [0.29, 0.717) is 16.9 Å². The monoisotopic (exact) mass is 476 g/mol. The quantitative estimate of drug-likeness (QED) is 0.520. The Morgan fingerprint density at radius 3 is 2.38 bits per heavy atom. The second-order valence-corrected chi connectivity index (χ2v) is 8.89. The lowest BCUT2D eigenvalue weighted by molar-refractivity contribution is -0.121. The van der Waals surface area contributed by atoms with E-state index < -0.39 is 5.97 Å². The van der Waals surface area contributed by atoms with Crippen molar-refractivity contribution < 1.29 is 23.9 Å². The Bertz CT molecular complexity index is 1190. The van der Waals surface area contributed by atoms with Gasteiger partial charge in [0.25, 0.3) is 0 Å². The summed E-state index contributed by atoms with van der Waals surface area (Å²) in [6.07, 6.45) is 0.257. The summed E-state index contributed by atoms with van der Waals surface area (Å²) in [5.41, 5.74) is 2.65. The van der Waals surface area contributed by atoms with E-state index in [1.54, 1.807) is 43.1 Å². The Labute approximate surface area is 202 Å². The smallest absolute Gasteiger partial charge is 0.337 e. The molecule has 1 atom stereocenters. The number of esters is 1. The highest BCUT2D eigenvalue weighted by atomic mass is 32.2. The first kappa shape index (κ1) is 23.4. The van der Waals surface area contributed by atoms with Crippen LogP contribution in [0, 0.1) is 0 Å². The van der Waals surface area contributed by atoms with E-state index in [2.05, 4.69) is 10.1 Å². The number of nitrogens with one attached hydrogen (secondary N) is 1. The molecule has 3 aromatic rings. The number of carbonyl (C=O) groups is 3. The van der Waals surface area contributed by atoms with Gasteiger partial charge in [-0.25, -0.2) is 4.79 Å². The van der Waals surface area contributed by atoms with E-state index in [9.17, 15) is 14.4 Å². The second kappa shape index (κ2) is 10.4. The minimum absolute atomic E-state index is 0.0847. The molecule has 1 N–H and O–H groups in total. The molecule has 174 valence electrons. The molecule has 0 saturated carbocycles. The van der Waals surface area contributed by atoms with Crippen molar-refractivity contribution in [3.63, 3.8) is 0 Å². The minimum Gasteiger partial charge on any atom is -0.497 e. The number of hydrogen-bond donors (Lipinski definition) is 1. The standard InChI is InChI=1S/C26H24N2O5S/c1-32-20-13-9-17(10-14-20)23-15-25(30)28(21-5-3-4-6-22(21)34-23)16-24(29)27-19-11-7-18(8-12-19)26(31)33-2/h3-14,23H,15-16H2,1-2H3,(H,27,29). The van der Waals surface area contributed by atoms with Gasteiger partial charge < -0.3 is 19.7 Å². The molecule has 1 unspecified atom stereocenters. The number of thioether (sulfide) groups is 1. The molecule has 0 radical (unpaired) electrons. The molecule has 0 saturated heterocycles. The number of benzene rings is 3. The van der Waals surface area contributed by atoms with Crippen LogP contribution in [0.15, 0.2) is 77.7 Å². The molecule has 7 nitrogen and oxygen atoms in total. The fourth-order valence-electron chi connectivity index (χ4n) is 3.71. The Morgan fingerprint density at radius 1 is 1.00 bits per heavy atom. The van der Waals surface area contributed by atoms with Crippen LogP contribution in [0.25, 0.3) is 0 Å². The van der Waals surface area contributed by atoms with Crippen molar-refractivity contribution in [3.05, 3.63) is 83.9 Å². The van der Waals surface area contributed by atoms with Gasteiger partial charge in [0.2, 0.25) is 11.8 Å². The summed E-state index contributed by atoms with van der Waals surface area (Å²) in [7, 11) is 2.93. The van der Waals surface area contributed by atoms with Gasteiger partial charge >= 0.3 is 5.97 Å². The topological polar surface area (TPSA) is 84.9 Å². The van der Waals surface area contributed by atoms with Crippen molar-refractivity contribution in [2.45, 2.75) is 16.6 Å². The number of amides is 2. The summed E-state index contributed by atoms with van der Waals surface area (Å²) in [6, 6.07) is 21.7. The first-order valence-corrected chi connectivity index (χ1v) is 11.5. The van der Waals surface area contributed by atoms with Gasteiger partial charge in [-0.05, 0) is 54.1 Å². The number of rotatable bonds is 6. The molecular formula is C26H24N2O5S. The van der Waals surface area contributed by atoms with Crippen LogP contribution in [0.2, 0.25) is 0 Å². The van der Waals surface area contributed by atoms with E-state index in [4.69, 9.17) is 4.74 Å². The largest absolute Gasteiger partial charge is 0.497 e. The number of nitrogens with zero attached hydrogens (tertiary/aromatic N) is 1. The van der Waals surface area contributed by atoms with Crippen molar-refractivity contribution in [3.8, 4) is 5.75 Å². The molecule has 0 spiro atoms. The third-order valence-electron chi connectivity index (χ3n) is 5.47. The maximum absolute atomic E-state index is 13.3. The molecule has 1 heterocycles. The van der Waals surface area contributed by atoms with Gasteiger partial charge in [0.1, 0.15) is 12.3 Å². The average molecular weight is 477 g/mol. The van der Waals surface area contributed by atoms with E-state index in [0.717, 1.165) is 16.2 Å². The highest BCUT2D eigenvalue weighted by molar-refractivity contribution is 7.99. The van der Waals surface area contributed by atoms with Crippen LogP contribution in [0.3, 0.4) is 0 Å². The number of methoxy groups -OCH3 is 2. The fraction of sp³-hybridized carbons (Fsp3) is 0.192. The summed E-state index contributed by atoms with van der Waals surface area (Å²) in [4.78, 5) is 40.2. The Kier molecular flexibility index (Phi) is 7.18. The highest BCUT2D eigenvalue weighted by Crippen LogP contribution is 2.45. The van der Waals surface area contributed by atoms with Crippen LogP contribution in [0.1, 0.15) is 27.6 Å². The normalized spacial score (nSPS) is 15.2. The number of anilines is 2. The Balaban J connectivity index is 1.52. The Hall–Kier alpha value is -3.78. The lowest BCUT2D eigenvalue weighted by Crippen LogP contribution is -2.38. The number of hydrogen-bond acceptors (Lipinski definition) is 6. The third-order valence-corrected chi connectivity index (χ3v) is 6.79. The third kappa shape index (κ3) is 5.23. The lowest BCUT2D eigenvalue weighted by atomic mass is 10.1. The molecule has 1 aliphatic heterocycles. The van der Waals surface area contributed by atoms with Gasteiger partial charge in [-0.2, -0.15) is 0 Å². The summed E-state index contributed by atoms with van der Waals surface area (Å²) in [6.45, 7) is -0.121. The van der Waals surface area contributed by atoms with Crippen LogP contribution in [0.4, 0.5) is 11.4 Å². The first-order chi connectivity index (χ1) is 16.5. The number of ether oxygens (including phenoxy) is 2. The second-order valence-electron chi connectivity index (χ2n) is 7.65. The van der Waals surface area contributed by atoms with Crippen molar-refractivity contribution in [1.82, 2.24) is 0 Å². The van der Waals surface area contributed by atoms with Gasteiger partial charge in [0.15, 0.2) is 0 Å². The molecule has 3 aromatic carbocycles. The van der Waals surface area contributed by atoms with Gasteiger partial charge in [-0.15, -0.1) is 11.8 Å². The molecule has 8 heteroatoms. The molecule has 1 aliphatic rings. The summed E-state index contributed by atoms with van der Waals surface area (Å²) < 4.78 is 9.93. The molecule has 0 aliphatic carbocycles. The molecule has 0 aromatic heterocycles. The van der Waals surface area contributed by atoms with E-state index >= 15 is 0 Å².